The Hall–Kier alpha value is -3.19. The molecule has 0 radical (unpaired) electrons. The normalized spacial score (nSPS) is 22.2. The number of carbonyl (C=O) groups is 1. The quantitative estimate of drug-likeness (QED) is 0.647. The molecular formula is C25H30N6O. The molecule has 1 aromatic carbocycles. The fourth-order valence-corrected chi connectivity index (χ4v) is 4.87. The van der Waals surface area contributed by atoms with Crippen LogP contribution in [0.5, 0.6) is 0 Å². The molecule has 2 atom stereocenters. The summed E-state index contributed by atoms with van der Waals surface area (Å²) in [6.07, 6.45) is 5.30. The molecule has 3 aromatic rings. The maximum Gasteiger partial charge on any atom is 0.256 e. The second-order valence-electron chi connectivity index (χ2n) is 9.47. The molecule has 7 heteroatoms. The predicted octanol–water partition coefficient (Wildman–Crippen LogP) is 3.57. The van der Waals surface area contributed by atoms with E-state index < -0.39 is 0 Å². The number of rotatable bonds is 5. The molecule has 1 saturated heterocycles. The van der Waals surface area contributed by atoms with Crippen molar-refractivity contribution in [3.05, 3.63) is 77.7 Å². The third-order valence-electron chi connectivity index (χ3n) is 6.50. The van der Waals surface area contributed by atoms with Gasteiger partial charge in [0.1, 0.15) is 11.4 Å². The molecule has 0 bridgehead atoms. The molecule has 0 spiro atoms. The summed E-state index contributed by atoms with van der Waals surface area (Å²) in [4.78, 5) is 20.1. The van der Waals surface area contributed by atoms with Gasteiger partial charge in [0, 0.05) is 31.9 Å². The van der Waals surface area contributed by atoms with Gasteiger partial charge in [0.2, 0.25) is 0 Å². The van der Waals surface area contributed by atoms with Crippen LogP contribution < -0.4 is 10.6 Å². The number of hydrogen-bond donors (Lipinski definition) is 2. The number of aromatic nitrogens is 3. The maximum atomic E-state index is 13.2. The number of benzene rings is 1. The van der Waals surface area contributed by atoms with Gasteiger partial charge in [-0.1, -0.05) is 36.4 Å². The van der Waals surface area contributed by atoms with Gasteiger partial charge < -0.3 is 10.6 Å². The number of anilines is 1. The van der Waals surface area contributed by atoms with E-state index in [0.29, 0.717) is 5.56 Å². The maximum absolute atomic E-state index is 13.2. The summed E-state index contributed by atoms with van der Waals surface area (Å²) in [6.45, 7) is 7.07. The van der Waals surface area contributed by atoms with E-state index in [1.807, 2.05) is 35.1 Å². The summed E-state index contributed by atoms with van der Waals surface area (Å²) in [7, 11) is 0. The minimum absolute atomic E-state index is 0.0368. The van der Waals surface area contributed by atoms with Crippen molar-refractivity contribution < 1.29 is 4.79 Å². The van der Waals surface area contributed by atoms with Gasteiger partial charge in [-0.3, -0.25) is 14.7 Å². The minimum Gasteiger partial charge on any atom is -0.361 e. The van der Waals surface area contributed by atoms with Crippen molar-refractivity contribution in [3.63, 3.8) is 0 Å². The number of amides is 1. The zero-order chi connectivity index (χ0) is 22.1. The van der Waals surface area contributed by atoms with Gasteiger partial charge in [-0.2, -0.15) is 5.10 Å². The summed E-state index contributed by atoms with van der Waals surface area (Å²) in [5.74, 6) is 0.705. The van der Waals surface area contributed by atoms with E-state index in [4.69, 9.17) is 0 Å². The van der Waals surface area contributed by atoms with Crippen LogP contribution in [-0.4, -0.2) is 44.7 Å². The average Bonchev–Trinajstić information content (AvgIpc) is 3.42. The third-order valence-corrected chi connectivity index (χ3v) is 6.50. The smallest absolute Gasteiger partial charge is 0.256 e. The first kappa shape index (κ1) is 20.7. The van der Waals surface area contributed by atoms with Gasteiger partial charge in [0.05, 0.1) is 23.5 Å². The lowest BCUT2D eigenvalue weighted by Crippen LogP contribution is -2.40. The summed E-state index contributed by atoms with van der Waals surface area (Å²) < 4.78 is 1.94. The molecule has 5 rings (SSSR count). The predicted molar refractivity (Wildman–Crippen MR) is 124 cm³/mol. The van der Waals surface area contributed by atoms with E-state index in [2.05, 4.69) is 63.7 Å². The monoisotopic (exact) mass is 430 g/mol. The van der Waals surface area contributed by atoms with Crippen molar-refractivity contribution >= 4 is 11.7 Å². The molecule has 2 N–H and O–H groups in total. The summed E-state index contributed by atoms with van der Waals surface area (Å²) in [5.41, 5.74) is 2.66. The SMILES string of the molecule is CC1(C)CC(c2ccccn2)Nc2c(C(=O)NC3CCN(Cc4ccccc4)C3)cnn21. The lowest BCUT2D eigenvalue weighted by molar-refractivity contribution is 0.0938. The molecule has 2 unspecified atom stereocenters. The van der Waals surface area contributed by atoms with Gasteiger partial charge in [-0.15, -0.1) is 0 Å². The second-order valence-corrected chi connectivity index (χ2v) is 9.47. The van der Waals surface area contributed by atoms with Gasteiger partial charge in [0.25, 0.3) is 5.91 Å². The molecular weight excluding hydrogens is 400 g/mol. The molecule has 2 aromatic heterocycles. The molecule has 32 heavy (non-hydrogen) atoms. The van der Waals surface area contributed by atoms with E-state index in [0.717, 1.165) is 44.0 Å². The highest BCUT2D eigenvalue weighted by Crippen LogP contribution is 2.39. The number of carbonyl (C=O) groups excluding carboxylic acids is 1. The lowest BCUT2D eigenvalue weighted by Gasteiger charge is -2.37. The third kappa shape index (κ3) is 4.12. The number of nitrogens with zero attached hydrogens (tertiary/aromatic N) is 4. The summed E-state index contributed by atoms with van der Waals surface area (Å²) in [6, 6.07) is 16.6. The van der Waals surface area contributed by atoms with Gasteiger partial charge in [-0.05, 0) is 44.4 Å². The standard InChI is InChI=1S/C25H30N6O/c1-25(2)14-22(21-10-6-7-12-26-21)29-23-20(15-27-31(23)25)24(32)28-19-11-13-30(17-19)16-18-8-4-3-5-9-18/h3-10,12,15,19,22,29H,11,13-14,16-17H2,1-2H3,(H,28,32). The number of hydrogen-bond acceptors (Lipinski definition) is 5. The molecule has 0 saturated carbocycles. The van der Waals surface area contributed by atoms with Crippen LogP contribution in [0.3, 0.4) is 0 Å². The highest BCUT2D eigenvalue weighted by Gasteiger charge is 2.37. The van der Waals surface area contributed by atoms with Gasteiger partial charge >= 0.3 is 0 Å². The molecule has 1 fully saturated rings. The van der Waals surface area contributed by atoms with Crippen molar-refractivity contribution in [3.8, 4) is 0 Å². The van der Waals surface area contributed by atoms with E-state index >= 15 is 0 Å². The first-order chi connectivity index (χ1) is 15.5. The van der Waals surface area contributed by atoms with E-state index in [1.165, 1.54) is 5.56 Å². The topological polar surface area (TPSA) is 75.1 Å². The number of fused-ring (bicyclic) bond motifs is 1. The van der Waals surface area contributed by atoms with Crippen molar-refractivity contribution in [2.45, 2.75) is 50.9 Å². The Morgan fingerprint density at radius 1 is 1.19 bits per heavy atom. The molecule has 0 aliphatic carbocycles. The second kappa shape index (κ2) is 8.39. The van der Waals surface area contributed by atoms with Crippen LogP contribution >= 0.6 is 0 Å². The fraction of sp³-hybridized carbons (Fsp3) is 0.400. The van der Waals surface area contributed by atoms with Crippen molar-refractivity contribution in [2.24, 2.45) is 0 Å². The highest BCUT2D eigenvalue weighted by molar-refractivity contribution is 5.99. The Labute approximate surface area is 188 Å². The first-order valence-electron chi connectivity index (χ1n) is 11.3. The van der Waals surface area contributed by atoms with E-state index in [1.54, 1.807) is 6.20 Å². The number of nitrogens with one attached hydrogen (secondary N) is 2. The zero-order valence-electron chi connectivity index (χ0n) is 18.7. The Kier molecular flexibility index (Phi) is 5.43. The molecule has 2 aliphatic heterocycles. The average molecular weight is 431 g/mol. The van der Waals surface area contributed by atoms with Crippen LogP contribution in [0.4, 0.5) is 5.82 Å². The Bertz CT molecular complexity index is 1080. The van der Waals surface area contributed by atoms with E-state index in [-0.39, 0.29) is 23.5 Å². The number of likely N-dealkylation sites (tertiary alicyclic amines) is 1. The van der Waals surface area contributed by atoms with Gasteiger partial charge in [-0.25, -0.2) is 4.68 Å². The van der Waals surface area contributed by atoms with Crippen LogP contribution in [-0.2, 0) is 12.1 Å². The van der Waals surface area contributed by atoms with Crippen LogP contribution in [0.2, 0.25) is 0 Å². The van der Waals surface area contributed by atoms with Crippen LogP contribution in [0, 0.1) is 0 Å². The lowest BCUT2D eigenvalue weighted by atomic mass is 9.91. The number of pyridine rings is 1. The highest BCUT2D eigenvalue weighted by atomic mass is 16.1. The minimum atomic E-state index is -0.221. The van der Waals surface area contributed by atoms with Crippen molar-refractivity contribution in [1.29, 1.82) is 0 Å². The largest absolute Gasteiger partial charge is 0.361 e. The molecule has 1 amide bonds. The van der Waals surface area contributed by atoms with Crippen LogP contribution in [0.15, 0.2) is 60.9 Å². The van der Waals surface area contributed by atoms with Crippen LogP contribution in [0.1, 0.15) is 54.3 Å². The summed E-state index contributed by atoms with van der Waals surface area (Å²) in [5, 5.41) is 11.3. The zero-order valence-corrected chi connectivity index (χ0v) is 18.7. The Morgan fingerprint density at radius 3 is 2.78 bits per heavy atom. The summed E-state index contributed by atoms with van der Waals surface area (Å²) >= 11 is 0. The van der Waals surface area contributed by atoms with Crippen molar-refractivity contribution in [1.82, 2.24) is 25.0 Å². The molecule has 166 valence electrons. The molecule has 2 aliphatic rings. The molecule has 7 nitrogen and oxygen atoms in total. The fourth-order valence-electron chi connectivity index (χ4n) is 4.87. The van der Waals surface area contributed by atoms with E-state index in [9.17, 15) is 4.79 Å². The first-order valence-corrected chi connectivity index (χ1v) is 11.3. The Morgan fingerprint density at radius 2 is 2.00 bits per heavy atom. The van der Waals surface area contributed by atoms with Crippen molar-refractivity contribution in [2.75, 3.05) is 18.4 Å². The molecule has 4 heterocycles. The Balaban J connectivity index is 1.28. The van der Waals surface area contributed by atoms with Gasteiger partial charge in [0.15, 0.2) is 0 Å². The van der Waals surface area contributed by atoms with Crippen LogP contribution in [0.25, 0.3) is 0 Å².